The van der Waals surface area contributed by atoms with Crippen LogP contribution in [0.2, 0.25) is 0 Å². The lowest BCUT2D eigenvalue weighted by Crippen LogP contribution is -2.21. The van der Waals surface area contributed by atoms with Gasteiger partial charge in [-0.1, -0.05) is 34.1 Å². The molecule has 15 heavy (non-hydrogen) atoms. The highest BCUT2D eigenvalue weighted by Crippen LogP contribution is 2.16. The molecule has 1 aromatic rings. The lowest BCUT2D eigenvalue weighted by Gasteiger charge is -2.07. The molecule has 3 nitrogen and oxygen atoms in total. The lowest BCUT2D eigenvalue weighted by molar-refractivity contribution is -0.145. The molecule has 0 spiro atoms. The smallest absolute Gasteiger partial charge is 0.307 e. The van der Waals surface area contributed by atoms with E-state index >= 15 is 0 Å². The number of carbonyl (C=O) groups excluding carboxylic acids is 1. The van der Waals surface area contributed by atoms with Crippen LogP contribution in [0.25, 0.3) is 0 Å². The van der Waals surface area contributed by atoms with E-state index in [1.165, 1.54) is 0 Å². The van der Waals surface area contributed by atoms with Crippen molar-refractivity contribution in [2.24, 2.45) is 5.73 Å². The first-order valence-electron chi connectivity index (χ1n) is 4.74. The quantitative estimate of drug-likeness (QED) is 0.855. The second kappa shape index (κ2) is 5.88. The maximum atomic E-state index is 11.2. The van der Waals surface area contributed by atoms with E-state index < -0.39 is 0 Å². The van der Waals surface area contributed by atoms with Crippen LogP contribution < -0.4 is 5.73 Å². The molecule has 1 aromatic carbocycles. The van der Waals surface area contributed by atoms with Crippen molar-refractivity contribution < 1.29 is 9.53 Å². The average Bonchev–Trinajstić information content (AvgIpc) is 2.15. The van der Waals surface area contributed by atoms with Crippen molar-refractivity contribution >= 4 is 21.9 Å². The van der Waals surface area contributed by atoms with E-state index in [4.69, 9.17) is 10.5 Å². The zero-order valence-electron chi connectivity index (χ0n) is 8.57. The number of carbonyl (C=O) groups is 1. The van der Waals surface area contributed by atoms with Gasteiger partial charge in [0, 0.05) is 16.1 Å². The number of esters is 1. The van der Waals surface area contributed by atoms with Gasteiger partial charge in [-0.2, -0.15) is 0 Å². The Labute approximate surface area is 97.7 Å². The van der Waals surface area contributed by atoms with Crippen molar-refractivity contribution in [2.75, 3.05) is 0 Å². The van der Waals surface area contributed by atoms with Crippen molar-refractivity contribution in [1.82, 2.24) is 0 Å². The van der Waals surface area contributed by atoms with Crippen LogP contribution in [0.1, 0.15) is 18.9 Å². The van der Waals surface area contributed by atoms with E-state index in [1.807, 2.05) is 24.3 Å². The third kappa shape index (κ3) is 4.44. The first-order chi connectivity index (χ1) is 7.09. The van der Waals surface area contributed by atoms with Gasteiger partial charge in [-0.25, -0.2) is 0 Å². The fourth-order valence-electron chi connectivity index (χ4n) is 1.10. The molecular weight excluding hydrogens is 258 g/mol. The minimum Gasteiger partial charge on any atom is -0.461 e. The van der Waals surface area contributed by atoms with Crippen LogP contribution in [0.15, 0.2) is 28.7 Å². The molecule has 0 bridgehead atoms. The number of halogens is 1. The van der Waals surface area contributed by atoms with Gasteiger partial charge >= 0.3 is 5.97 Å². The summed E-state index contributed by atoms with van der Waals surface area (Å²) in [5.74, 6) is -0.263. The molecular formula is C11H14BrNO2. The van der Waals surface area contributed by atoms with Gasteiger partial charge in [0.05, 0.1) is 6.42 Å². The molecule has 0 fully saturated rings. The summed E-state index contributed by atoms with van der Waals surface area (Å²) in [4.78, 5) is 11.2. The van der Waals surface area contributed by atoms with E-state index in [1.54, 1.807) is 6.92 Å². The number of hydrogen-bond donors (Lipinski definition) is 1. The molecule has 82 valence electrons. The Morgan fingerprint density at radius 1 is 1.53 bits per heavy atom. The summed E-state index contributed by atoms with van der Waals surface area (Å²) < 4.78 is 6.01. The number of ether oxygens (including phenoxy) is 1. The van der Waals surface area contributed by atoms with Crippen LogP contribution in [0.3, 0.4) is 0 Å². The number of benzene rings is 1. The van der Waals surface area contributed by atoms with Gasteiger partial charge in [0.2, 0.25) is 0 Å². The summed E-state index contributed by atoms with van der Waals surface area (Å²) in [5, 5.41) is 0. The zero-order valence-corrected chi connectivity index (χ0v) is 10.2. The summed E-state index contributed by atoms with van der Waals surface area (Å²) in [6, 6.07) is 7.48. The largest absolute Gasteiger partial charge is 0.461 e. The van der Waals surface area contributed by atoms with E-state index in [9.17, 15) is 4.79 Å². The van der Waals surface area contributed by atoms with Crippen LogP contribution in [-0.4, -0.2) is 12.0 Å². The number of rotatable bonds is 4. The Morgan fingerprint density at radius 3 is 2.80 bits per heavy atom. The molecule has 0 amide bonds. The SMILES string of the molecule is CC(N)CC(=O)OCc1ccccc1Br. The molecule has 2 N–H and O–H groups in total. The van der Waals surface area contributed by atoms with Crippen molar-refractivity contribution in [3.05, 3.63) is 34.3 Å². The van der Waals surface area contributed by atoms with Crippen molar-refractivity contribution in [2.45, 2.75) is 26.0 Å². The highest BCUT2D eigenvalue weighted by atomic mass is 79.9. The first-order valence-corrected chi connectivity index (χ1v) is 5.53. The van der Waals surface area contributed by atoms with Gasteiger partial charge in [0.25, 0.3) is 0 Å². The predicted octanol–water partition coefficient (Wildman–Crippen LogP) is 2.23. The molecule has 0 saturated carbocycles. The summed E-state index contributed by atoms with van der Waals surface area (Å²) >= 11 is 3.38. The Hall–Kier alpha value is -0.870. The zero-order chi connectivity index (χ0) is 11.3. The monoisotopic (exact) mass is 271 g/mol. The number of hydrogen-bond acceptors (Lipinski definition) is 3. The van der Waals surface area contributed by atoms with Gasteiger partial charge in [0.1, 0.15) is 6.61 Å². The highest BCUT2D eigenvalue weighted by molar-refractivity contribution is 9.10. The second-order valence-electron chi connectivity index (χ2n) is 3.43. The molecule has 0 aliphatic heterocycles. The van der Waals surface area contributed by atoms with Gasteiger partial charge in [0.15, 0.2) is 0 Å². The van der Waals surface area contributed by atoms with E-state index in [2.05, 4.69) is 15.9 Å². The van der Waals surface area contributed by atoms with E-state index in [-0.39, 0.29) is 25.0 Å². The Bertz CT molecular complexity index is 339. The minimum absolute atomic E-state index is 0.156. The van der Waals surface area contributed by atoms with E-state index in [0.29, 0.717) is 0 Å². The maximum absolute atomic E-state index is 11.2. The predicted molar refractivity (Wildman–Crippen MR) is 62.2 cm³/mol. The van der Waals surface area contributed by atoms with Crippen LogP contribution in [0, 0.1) is 0 Å². The Kier molecular flexibility index (Phi) is 4.78. The second-order valence-corrected chi connectivity index (χ2v) is 4.29. The van der Waals surface area contributed by atoms with Gasteiger partial charge in [-0.05, 0) is 13.0 Å². The van der Waals surface area contributed by atoms with Crippen LogP contribution in [0.4, 0.5) is 0 Å². The van der Waals surface area contributed by atoms with Gasteiger partial charge in [-0.15, -0.1) is 0 Å². The fourth-order valence-corrected chi connectivity index (χ4v) is 1.49. The molecule has 0 aliphatic rings. The lowest BCUT2D eigenvalue weighted by atomic mass is 10.2. The molecule has 1 rings (SSSR count). The maximum Gasteiger partial charge on any atom is 0.307 e. The highest BCUT2D eigenvalue weighted by Gasteiger charge is 2.07. The molecule has 1 atom stereocenters. The van der Waals surface area contributed by atoms with Crippen molar-refractivity contribution in [3.63, 3.8) is 0 Å². The first kappa shape index (κ1) is 12.2. The summed E-state index contributed by atoms with van der Waals surface area (Å²) in [6.07, 6.45) is 0.254. The molecule has 0 radical (unpaired) electrons. The molecule has 0 heterocycles. The summed E-state index contributed by atoms with van der Waals surface area (Å²) in [5.41, 5.74) is 6.44. The molecule has 1 unspecified atom stereocenters. The van der Waals surface area contributed by atoms with Gasteiger partial charge in [-0.3, -0.25) is 4.79 Å². The molecule has 4 heteroatoms. The van der Waals surface area contributed by atoms with Crippen LogP contribution in [-0.2, 0) is 16.1 Å². The topological polar surface area (TPSA) is 52.3 Å². The standard InChI is InChI=1S/C11H14BrNO2/c1-8(13)6-11(14)15-7-9-4-2-3-5-10(9)12/h2-5,8H,6-7,13H2,1H3. The molecule has 0 aromatic heterocycles. The summed E-state index contributed by atoms with van der Waals surface area (Å²) in [6.45, 7) is 2.06. The number of nitrogens with two attached hydrogens (primary N) is 1. The average molecular weight is 272 g/mol. The third-order valence-corrected chi connectivity index (χ3v) is 2.61. The van der Waals surface area contributed by atoms with Crippen LogP contribution >= 0.6 is 15.9 Å². The van der Waals surface area contributed by atoms with E-state index in [0.717, 1.165) is 10.0 Å². The molecule has 0 aliphatic carbocycles. The minimum atomic E-state index is -0.263. The van der Waals surface area contributed by atoms with Crippen LogP contribution in [0.5, 0.6) is 0 Å². The third-order valence-electron chi connectivity index (χ3n) is 1.84. The van der Waals surface area contributed by atoms with Crippen molar-refractivity contribution in [1.29, 1.82) is 0 Å². The molecule has 0 saturated heterocycles. The summed E-state index contributed by atoms with van der Waals surface area (Å²) in [7, 11) is 0. The fraction of sp³-hybridized carbons (Fsp3) is 0.364. The van der Waals surface area contributed by atoms with Crippen molar-refractivity contribution in [3.8, 4) is 0 Å². The Morgan fingerprint density at radius 2 is 2.20 bits per heavy atom. The Balaban J connectivity index is 2.44. The normalized spacial score (nSPS) is 12.2. The van der Waals surface area contributed by atoms with Gasteiger partial charge < -0.3 is 10.5 Å².